The van der Waals surface area contributed by atoms with Gasteiger partial charge in [0.05, 0.1) is 11.2 Å². The summed E-state index contributed by atoms with van der Waals surface area (Å²) in [5.74, 6) is 0.330. The van der Waals surface area contributed by atoms with Gasteiger partial charge >= 0.3 is 7.12 Å². The van der Waals surface area contributed by atoms with E-state index in [-0.39, 0.29) is 4.90 Å². The van der Waals surface area contributed by atoms with Crippen molar-refractivity contribution in [2.75, 3.05) is 5.75 Å². The standard InChI is InChI=1S/C15H21BO5S2/c1-14(2)15(3,4)21-16(20-14)12(10-22)9-11-7-5-6-8-13(11)23(17,18)19/h5-9,22H,10H2,1-4H3,(H,17,18,19). The quantitative estimate of drug-likeness (QED) is 0.493. The third kappa shape index (κ3) is 3.83. The molecule has 126 valence electrons. The number of benzene rings is 1. The fraction of sp³-hybridized carbons (Fsp3) is 0.467. The second kappa shape index (κ2) is 6.25. The van der Waals surface area contributed by atoms with E-state index < -0.39 is 28.4 Å². The van der Waals surface area contributed by atoms with Crippen LogP contribution in [-0.2, 0) is 19.4 Å². The first-order chi connectivity index (χ1) is 10.5. The molecule has 1 aromatic carbocycles. The van der Waals surface area contributed by atoms with Crippen molar-refractivity contribution < 1.29 is 22.3 Å². The van der Waals surface area contributed by atoms with E-state index in [4.69, 9.17) is 9.31 Å². The minimum Gasteiger partial charge on any atom is -0.400 e. The SMILES string of the molecule is CC1(C)OB(C(=Cc2ccccc2S(=O)(=O)O)CS)OC1(C)C. The zero-order chi connectivity index (χ0) is 17.5. The average Bonchev–Trinajstić information content (AvgIpc) is 2.64. The summed E-state index contributed by atoms with van der Waals surface area (Å²) in [5.41, 5.74) is 0.0572. The van der Waals surface area contributed by atoms with E-state index in [9.17, 15) is 13.0 Å². The van der Waals surface area contributed by atoms with Crippen LogP contribution in [0.1, 0.15) is 33.3 Å². The Kier molecular flexibility index (Phi) is 5.04. The van der Waals surface area contributed by atoms with Gasteiger partial charge in [0.2, 0.25) is 0 Å². The molecule has 1 saturated heterocycles. The van der Waals surface area contributed by atoms with Crippen molar-refractivity contribution in [1.82, 2.24) is 0 Å². The zero-order valence-electron chi connectivity index (χ0n) is 13.6. The summed E-state index contributed by atoms with van der Waals surface area (Å²) in [4.78, 5) is -0.157. The van der Waals surface area contributed by atoms with E-state index in [1.54, 1.807) is 24.3 Å². The molecule has 0 aliphatic carbocycles. The van der Waals surface area contributed by atoms with E-state index in [0.717, 1.165) is 0 Å². The van der Waals surface area contributed by atoms with Crippen molar-refractivity contribution in [3.8, 4) is 0 Å². The Hall–Kier alpha value is -0.795. The molecule has 2 rings (SSSR count). The van der Waals surface area contributed by atoms with Crippen LogP contribution in [0.2, 0.25) is 0 Å². The van der Waals surface area contributed by atoms with Crippen molar-refractivity contribution in [2.45, 2.75) is 43.8 Å². The van der Waals surface area contributed by atoms with E-state index in [0.29, 0.717) is 16.8 Å². The molecule has 0 atom stereocenters. The predicted octanol–water partition coefficient (Wildman–Crippen LogP) is 2.88. The van der Waals surface area contributed by atoms with Gasteiger partial charge in [0.15, 0.2) is 0 Å². The number of hydrogen-bond donors (Lipinski definition) is 2. The van der Waals surface area contributed by atoms with Gasteiger partial charge in [0, 0.05) is 5.75 Å². The van der Waals surface area contributed by atoms with Gasteiger partial charge in [0.25, 0.3) is 10.1 Å². The van der Waals surface area contributed by atoms with Crippen LogP contribution >= 0.6 is 12.6 Å². The molecule has 1 aliphatic rings. The lowest BCUT2D eigenvalue weighted by molar-refractivity contribution is 0.00578. The molecular weight excluding hydrogens is 335 g/mol. The molecule has 0 bridgehead atoms. The zero-order valence-corrected chi connectivity index (χ0v) is 15.3. The van der Waals surface area contributed by atoms with Gasteiger partial charge in [-0.3, -0.25) is 4.55 Å². The first-order valence-electron chi connectivity index (χ1n) is 7.21. The fourth-order valence-electron chi connectivity index (χ4n) is 2.22. The van der Waals surface area contributed by atoms with Crippen LogP contribution in [0.3, 0.4) is 0 Å². The molecule has 0 spiro atoms. The first kappa shape index (κ1) is 18.5. The summed E-state index contributed by atoms with van der Waals surface area (Å²) in [6, 6.07) is 6.20. The molecule has 1 aromatic rings. The van der Waals surface area contributed by atoms with E-state index in [2.05, 4.69) is 12.6 Å². The molecule has 0 saturated carbocycles. The Morgan fingerprint density at radius 1 is 1.22 bits per heavy atom. The van der Waals surface area contributed by atoms with Gasteiger partial charge in [-0.15, -0.1) is 0 Å². The minimum absolute atomic E-state index is 0.157. The van der Waals surface area contributed by atoms with Gasteiger partial charge in [0.1, 0.15) is 4.90 Å². The van der Waals surface area contributed by atoms with Crippen molar-refractivity contribution in [3.05, 3.63) is 35.3 Å². The molecule has 23 heavy (non-hydrogen) atoms. The summed E-state index contributed by atoms with van der Waals surface area (Å²) in [5, 5.41) is 0. The fourth-order valence-corrected chi connectivity index (χ4v) is 3.13. The summed E-state index contributed by atoms with van der Waals surface area (Å²) in [6.07, 6.45) is 1.64. The smallest absolute Gasteiger partial charge is 0.400 e. The third-order valence-corrected chi connectivity index (χ3v) is 5.57. The molecule has 0 unspecified atom stereocenters. The average molecular weight is 356 g/mol. The first-order valence-corrected chi connectivity index (χ1v) is 9.29. The maximum atomic E-state index is 11.5. The van der Waals surface area contributed by atoms with E-state index in [1.165, 1.54) is 6.07 Å². The van der Waals surface area contributed by atoms with Gasteiger partial charge < -0.3 is 9.31 Å². The highest BCUT2D eigenvalue weighted by Crippen LogP contribution is 2.39. The van der Waals surface area contributed by atoms with Crippen LogP contribution in [0, 0.1) is 0 Å². The van der Waals surface area contributed by atoms with Gasteiger partial charge in [-0.1, -0.05) is 24.3 Å². The Balaban J connectivity index is 2.43. The summed E-state index contributed by atoms with van der Waals surface area (Å²) < 4.78 is 44.3. The maximum absolute atomic E-state index is 11.5. The number of rotatable bonds is 4. The van der Waals surface area contributed by atoms with Gasteiger partial charge in [-0.2, -0.15) is 21.0 Å². The highest BCUT2D eigenvalue weighted by molar-refractivity contribution is 7.86. The largest absolute Gasteiger partial charge is 0.491 e. The topological polar surface area (TPSA) is 72.8 Å². The van der Waals surface area contributed by atoms with E-state index >= 15 is 0 Å². The highest BCUT2D eigenvalue weighted by atomic mass is 32.2. The van der Waals surface area contributed by atoms with Crippen molar-refractivity contribution in [2.24, 2.45) is 0 Å². The lowest BCUT2D eigenvalue weighted by Gasteiger charge is -2.32. The molecule has 0 amide bonds. The van der Waals surface area contributed by atoms with Crippen LogP contribution in [0.5, 0.6) is 0 Å². The normalized spacial score (nSPS) is 20.8. The molecular formula is C15H21BO5S2. The third-order valence-electron chi connectivity index (χ3n) is 4.28. The Morgan fingerprint density at radius 3 is 2.22 bits per heavy atom. The Bertz CT molecular complexity index is 709. The van der Waals surface area contributed by atoms with Gasteiger partial charge in [-0.25, -0.2) is 0 Å². The lowest BCUT2D eigenvalue weighted by Crippen LogP contribution is -2.41. The van der Waals surface area contributed by atoms with E-state index in [1.807, 2.05) is 27.7 Å². The molecule has 1 fully saturated rings. The maximum Gasteiger partial charge on any atom is 0.491 e. The van der Waals surface area contributed by atoms with Crippen LogP contribution in [0.4, 0.5) is 0 Å². The monoisotopic (exact) mass is 356 g/mol. The van der Waals surface area contributed by atoms with Crippen molar-refractivity contribution >= 4 is 35.9 Å². The summed E-state index contributed by atoms with van der Waals surface area (Å²) in [7, 11) is -4.93. The second-order valence-electron chi connectivity index (χ2n) is 6.48. The van der Waals surface area contributed by atoms with Crippen LogP contribution in [0.15, 0.2) is 34.6 Å². The summed E-state index contributed by atoms with van der Waals surface area (Å²) in [6.45, 7) is 7.76. The molecule has 1 heterocycles. The Labute approximate surface area is 143 Å². The molecule has 1 aliphatic heterocycles. The van der Waals surface area contributed by atoms with Crippen LogP contribution in [-0.4, -0.2) is 37.0 Å². The van der Waals surface area contributed by atoms with Crippen LogP contribution in [0.25, 0.3) is 6.08 Å². The highest BCUT2D eigenvalue weighted by Gasteiger charge is 2.52. The lowest BCUT2D eigenvalue weighted by atomic mass is 9.78. The second-order valence-corrected chi connectivity index (χ2v) is 8.18. The number of thiol groups is 1. The van der Waals surface area contributed by atoms with Crippen molar-refractivity contribution in [3.63, 3.8) is 0 Å². The summed E-state index contributed by atoms with van der Waals surface area (Å²) >= 11 is 4.30. The molecule has 8 heteroatoms. The van der Waals surface area contributed by atoms with Crippen molar-refractivity contribution in [1.29, 1.82) is 0 Å². The van der Waals surface area contributed by atoms with Gasteiger partial charge in [-0.05, 0) is 44.8 Å². The predicted molar refractivity (Wildman–Crippen MR) is 94.2 cm³/mol. The van der Waals surface area contributed by atoms with Crippen LogP contribution < -0.4 is 0 Å². The minimum atomic E-state index is -4.31. The molecule has 1 N–H and O–H groups in total. The number of hydrogen-bond acceptors (Lipinski definition) is 5. The molecule has 0 radical (unpaired) electrons. The molecule has 5 nitrogen and oxygen atoms in total. The Morgan fingerprint density at radius 2 is 1.74 bits per heavy atom. The molecule has 0 aromatic heterocycles.